The molecular formula is C46H46Br2N16O. The summed E-state index contributed by atoms with van der Waals surface area (Å²) < 4.78 is 7.39. The van der Waals surface area contributed by atoms with Crippen molar-refractivity contribution in [2.24, 2.45) is 0 Å². The van der Waals surface area contributed by atoms with E-state index in [-0.39, 0.29) is 23.0 Å². The molecule has 0 amide bonds. The average molecular weight is 999 g/mol. The molecule has 0 saturated heterocycles. The molecule has 5 aromatic heterocycles. The molecule has 0 radical (unpaired) electrons. The molecule has 0 unspecified atom stereocenters. The van der Waals surface area contributed by atoms with Gasteiger partial charge in [0.05, 0.1) is 33.8 Å². The number of imidazole rings is 1. The van der Waals surface area contributed by atoms with Crippen molar-refractivity contribution >= 4 is 72.5 Å². The van der Waals surface area contributed by atoms with Crippen LogP contribution in [-0.2, 0) is 5.54 Å². The number of anilines is 4. The van der Waals surface area contributed by atoms with E-state index >= 15 is 0 Å². The van der Waals surface area contributed by atoms with Crippen molar-refractivity contribution in [3.63, 3.8) is 0 Å². The minimum atomic E-state index is -0.210. The maximum atomic E-state index is 10.8. The molecule has 9 aromatic rings. The van der Waals surface area contributed by atoms with E-state index in [0.29, 0.717) is 11.3 Å². The number of benzene rings is 4. The van der Waals surface area contributed by atoms with Gasteiger partial charge >= 0.3 is 0 Å². The van der Waals surface area contributed by atoms with Gasteiger partial charge in [-0.15, -0.1) is 0 Å². The number of nitrogens with zero attached hydrogens (tertiary/aromatic N) is 12. The van der Waals surface area contributed by atoms with Crippen LogP contribution in [0.4, 0.5) is 23.3 Å². The molecule has 9 rings (SSSR count). The first kappa shape index (κ1) is 45.6. The number of rotatable bonds is 7. The molecule has 330 valence electrons. The molecule has 19 heteroatoms. The van der Waals surface area contributed by atoms with E-state index in [4.69, 9.17) is 22.2 Å². The summed E-state index contributed by atoms with van der Waals surface area (Å²) in [6.45, 7) is 12.8. The molecule has 5 heterocycles. The third-order valence-electron chi connectivity index (χ3n) is 9.54. The highest BCUT2D eigenvalue weighted by Crippen LogP contribution is 2.37. The molecule has 0 fully saturated rings. The Morgan fingerprint density at radius 2 is 1.17 bits per heavy atom. The van der Waals surface area contributed by atoms with Gasteiger partial charge in [0.2, 0.25) is 11.9 Å². The Morgan fingerprint density at radius 1 is 0.631 bits per heavy atom. The van der Waals surface area contributed by atoms with Gasteiger partial charge in [-0.3, -0.25) is 4.79 Å². The first-order valence-electron chi connectivity index (χ1n) is 20.1. The summed E-state index contributed by atoms with van der Waals surface area (Å²) >= 11 is 6.91. The zero-order valence-corrected chi connectivity index (χ0v) is 39.6. The van der Waals surface area contributed by atoms with E-state index in [9.17, 15) is 4.79 Å². The van der Waals surface area contributed by atoms with E-state index in [1.807, 2.05) is 42.5 Å². The fraction of sp³-hybridized carbons (Fsp3) is 0.174. The highest BCUT2D eigenvalue weighted by atomic mass is 79.9. The number of carbonyl (C=O) groups excluding carboxylic acids is 1. The molecule has 0 aliphatic carbocycles. The fourth-order valence-corrected chi connectivity index (χ4v) is 7.47. The SMILES string of the molecule is CC(C)(C)Nc1ccc(-c2cnc(N)nc2)cc1N.CC(C)(C)n1c(-c2cc(Br)ccc2-n2cncn2)nc2cc(-c3cnc(N)nc3)ccc21.O=Cc1cc(Br)ccc1-n1cncn1. The number of halogens is 2. The predicted molar refractivity (Wildman–Crippen MR) is 262 cm³/mol. The van der Waals surface area contributed by atoms with Crippen LogP contribution in [0.2, 0.25) is 0 Å². The summed E-state index contributed by atoms with van der Waals surface area (Å²) in [7, 11) is 0. The third-order valence-corrected chi connectivity index (χ3v) is 10.5. The van der Waals surface area contributed by atoms with Crippen LogP contribution in [0, 0.1) is 0 Å². The van der Waals surface area contributed by atoms with E-state index in [1.165, 1.54) is 12.7 Å². The van der Waals surface area contributed by atoms with Gasteiger partial charge < -0.3 is 27.1 Å². The molecule has 65 heavy (non-hydrogen) atoms. The third kappa shape index (κ3) is 11.1. The number of hydrogen-bond donors (Lipinski definition) is 4. The summed E-state index contributed by atoms with van der Waals surface area (Å²) in [4.78, 5) is 40.0. The van der Waals surface area contributed by atoms with Crippen molar-refractivity contribution in [3.05, 3.63) is 137 Å². The maximum absolute atomic E-state index is 10.8. The number of nitrogens with one attached hydrogen (secondary N) is 1. The van der Waals surface area contributed by atoms with Crippen LogP contribution < -0.4 is 22.5 Å². The van der Waals surface area contributed by atoms with Crippen LogP contribution in [0.25, 0.3) is 56.0 Å². The molecule has 0 atom stereocenters. The summed E-state index contributed by atoms with van der Waals surface area (Å²) in [6, 6.07) is 23.5. The van der Waals surface area contributed by atoms with Gasteiger partial charge in [-0.05, 0) is 113 Å². The van der Waals surface area contributed by atoms with Crippen molar-refractivity contribution in [2.45, 2.75) is 52.6 Å². The van der Waals surface area contributed by atoms with Crippen LogP contribution >= 0.6 is 31.9 Å². The van der Waals surface area contributed by atoms with E-state index < -0.39 is 0 Å². The Balaban J connectivity index is 0.000000162. The van der Waals surface area contributed by atoms with Crippen molar-refractivity contribution in [1.82, 2.24) is 59.0 Å². The van der Waals surface area contributed by atoms with Gasteiger partial charge in [-0.2, -0.15) is 10.2 Å². The fourth-order valence-electron chi connectivity index (χ4n) is 6.73. The molecule has 0 spiro atoms. The molecule has 17 nitrogen and oxygen atoms in total. The van der Waals surface area contributed by atoms with E-state index in [1.54, 1.807) is 52.9 Å². The minimum Gasteiger partial charge on any atom is -0.397 e. The zero-order chi connectivity index (χ0) is 46.5. The lowest BCUT2D eigenvalue weighted by Gasteiger charge is -2.25. The lowest BCUT2D eigenvalue weighted by atomic mass is 10.0. The molecule has 0 saturated carbocycles. The Bertz CT molecular complexity index is 3050. The zero-order valence-electron chi connectivity index (χ0n) is 36.4. The van der Waals surface area contributed by atoms with Gasteiger partial charge in [-0.25, -0.2) is 44.3 Å². The summed E-state index contributed by atoms with van der Waals surface area (Å²) in [5.74, 6) is 1.37. The highest BCUT2D eigenvalue weighted by molar-refractivity contribution is 9.10. The van der Waals surface area contributed by atoms with Crippen molar-refractivity contribution in [3.8, 4) is 45.0 Å². The maximum Gasteiger partial charge on any atom is 0.219 e. The normalized spacial score (nSPS) is 11.3. The van der Waals surface area contributed by atoms with Gasteiger partial charge in [0, 0.05) is 67.1 Å². The molecule has 7 N–H and O–H groups in total. The van der Waals surface area contributed by atoms with Crippen LogP contribution in [0.15, 0.2) is 132 Å². The summed E-state index contributed by atoms with van der Waals surface area (Å²) in [5.41, 5.74) is 27.4. The molecule has 0 aliphatic rings. The van der Waals surface area contributed by atoms with Crippen molar-refractivity contribution in [2.75, 3.05) is 22.5 Å². The highest BCUT2D eigenvalue weighted by Gasteiger charge is 2.25. The number of aromatic nitrogens is 12. The Kier molecular flexibility index (Phi) is 13.5. The summed E-state index contributed by atoms with van der Waals surface area (Å²) in [5, 5.41) is 11.7. The van der Waals surface area contributed by atoms with Crippen LogP contribution in [0.1, 0.15) is 51.9 Å². The Hall–Kier alpha value is -7.38. The number of nitrogens with two attached hydrogens (primary N) is 3. The Labute approximate surface area is 391 Å². The Morgan fingerprint density at radius 3 is 1.69 bits per heavy atom. The van der Waals surface area contributed by atoms with Gasteiger partial charge in [0.25, 0.3) is 0 Å². The molecule has 0 aliphatic heterocycles. The van der Waals surface area contributed by atoms with Gasteiger partial charge in [0.1, 0.15) is 31.1 Å². The first-order chi connectivity index (χ1) is 31.0. The molecular weight excluding hydrogens is 952 g/mol. The van der Waals surface area contributed by atoms with Crippen LogP contribution in [0.5, 0.6) is 0 Å². The van der Waals surface area contributed by atoms with Gasteiger partial charge in [0.15, 0.2) is 6.29 Å². The standard InChI is InChI=1S/C23H21BrN8.C14H19N5.C9H6BrN3O/c1-23(2,3)32-20-6-4-14(15-10-27-22(25)28-11-15)8-18(20)30-21(32)17-9-16(24)5-7-19(17)31-13-26-12-29-31;1-14(2,3)19-12-5-4-9(6-11(12)15)10-7-17-13(16)18-8-10;10-8-1-2-9(7(3-8)4-14)13-6-11-5-12-13/h4-13H,1-3H3,(H2,25,27,28);4-8,19H,15H2,1-3H3,(H2,16,17,18);1-6H. The second-order valence-corrected chi connectivity index (χ2v) is 18.5. The number of nitrogen functional groups attached to an aromatic ring is 3. The lowest BCUT2D eigenvalue weighted by molar-refractivity contribution is 0.112. The number of carbonyl (C=O) groups is 1. The summed E-state index contributed by atoms with van der Waals surface area (Å²) in [6.07, 6.45) is 13.8. The van der Waals surface area contributed by atoms with E-state index in [2.05, 4.69) is 148 Å². The van der Waals surface area contributed by atoms with Gasteiger partial charge in [-0.1, -0.05) is 44.0 Å². The largest absolute Gasteiger partial charge is 0.397 e. The van der Waals surface area contributed by atoms with Crippen LogP contribution in [-0.4, -0.2) is 70.8 Å². The smallest absolute Gasteiger partial charge is 0.219 e. The number of fused-ring (bicyclic) bond motifs is 1. The number of aldehydes is 1. The lowest BCUT2D eigenvalue weighted by Crippen LogP contribution is -2.26. The quantitative estimate of drug-likeness (QED) is 0.0860. The predicted octanol–water partition coefficient (Wildman–Crippen LogP) is 9.20. The van der Waals surface area contributed by atoms with Crippen LogP contribution in [0.3, 0.4) is 0 Å². The molecule has 4 aromatic carbocycles. The average Bonchev–Trinajstić information content (AvgIpc) is 4.07. The minimum absolute atomic E-state index is 0.0278. The topological polar surface area (TPSA) is 238 Å². The second-order valence-electron chi connectivity index (χ2n) is 16.6. The van der Waals surface area contributed by atoms with Crippen molar-refractivity contribution in [1.29, 1.82) is 0 Å². The number of hydrogen-bond acceptors (Lipinski definition) is 14. The second kappa shape index (κ2) is 19.2. The van der Waals surface area contributed by atoms with E-state index in [0.717, 1.165) is 77.0 Å². The first-order valence-corrected chi connectivity index (χ1v) is 21.7. The monoisotopic (exact) mass is 996 g/mol. The molecule has 0 bridgehead atoms. The van der Waals surface area contributed by atoms with Crippen molar-refractivity contribution < 1.29 is 4.79 Å².